The van der Waals surface area contributed by atoms with E-state index in [2.05, 4.69) is 30.7 Å². The van der Waals surface area contributed by atoms with Gasteiger partial charge in [-0.05, 0) is 41.4 Å². The highest BCUT2D eigenvalue weighted by molar-refractivity contribution is 7.86. The van der Waals surface area contributed by atoms with Crippen LogP contribution in [-0.4, -0.2) is 43.6 Å². The fourth-order valence-electron chi connectivity index (χ4n) is 2.47. The third-order valence-electron chi connectivity index (χ3n) is 3.86. The van der Waals surface area contributed by atoms with Crippen LogP contribution in [0.3, 0.4) is 0 Å². The molecule has 0 bridgehead atoms. The summed E-state index contributed by atoms with van der Waals surface area (Å²) in [5.41, 5.74) is -1.00. The van der Waals surface area contributed by atoms with E-state index in [9.17, 15) is 27.0 Å². The average molecular weight is 539 g/mol. The molecule has 3 N–H and O–H groups in total. The molecule has 0 spiro atoms. The molecule has 0 saturated carbocycles. The molecular weight excluding hydrogens is 528 g/mol. The Hall–Kier alpha value is -2.91. The summed E-state index contributed by atoms with van der Waals surface area (Å²) in [5.74, 6) is -1.81. The van der Waals surface area contributed by atoms with Crippen molar-refractivity contribution in [2.75, 3.05) is 10.6 Å². The van der Waals surface area contributed by atoms with Crippen molar-refractivity contribution in [2.24, 2.45) is 0 Å². The van der Waals surface area contributed by atoms with Crippen molar-refractivity contribution in [3.63, 3.8) is 0 Å². The molecule has 0 fully saturated rings. The minimum Gasteiger partial charge on any atom is -0.326 e. The number of halogens is 4. The first-order valence-corrected chi connectivity index (χ1v) is 11.2. The lowest BCUT2D eigenvalue weighted by atomic mass is 10.2. The number of hydrogen-bond donors (Lipinski definition) is 3. The van der Waals surface area contributed by atoms with Gasteiger partial charge in [-0.15, -0.1) is 0 Å². The van der Waals surface area contributed by atoms with Gasteiger partial charge in [0.05, 0.1) is 18.4 Å². The number of hydrogen-bond acceptors (Lipinski definition) is 9. The number of carbonyl (C=O) groups is 1. The Bertz CT molecular complexity index is 1380. The zero-order chi connectivity index (χ0) is 24.3. The Morgan fingerprint density at radius 2 is 1.82 bits per heavy atom. The molecule has 3 rings (SSSR count). The topological polar surface area (TPSA) is 169 Å². The van der Waals surface area contributed by atoms with Crippen LogP contribution in [-0.2, 0) is 21.5 Å². The SMILES string of the molecule is O=C(CCn1ncc(F)c(Cl)c1=O)Nc1ccc(S(=O)(=O)O)c(Nc2nc(Cl)nc(Cl)n2)c1. The van der Waals surface area contributed by atoms with Gasteiger partial charge in [0.2, 0.25) is 22.4 Å². The molecule has 0 saturated heterocycles. The molecule has 2 aromatic heterocycles. The Kier molecular flexibility index (Phi) is 7.44. The van der Waals surface area contributed by atoms with Crippen LogP contribution in [0, 0.1) is 5.82 Å². The third-order valence-corrected chi connectivity index (χ3v) is 5.45. The van der Waals surface area contributed by atoms with E-state index in [-0.39, 0.29) is 40.9 Å². The van der Waals surface area contributed by atoms with Gasteiger partial charge in [-0.25, -0.2) is 9.07 Å². The van der Waals surface area contributed by atoms with Crippen molar-refractivity contribution >= 4 is 68.2 Å². The minimum absolute atomic E-state index is 0.110. The Morgan fingerprint density at radius 3 is 2.45 bits per heavy atom. The molecule has 174 valence electrons. The highest BCUT2D eigenvalue weighted by Gasteiger charge is 2.18. The van der Waals surface area contributed by atoms with Gasteiger partial charge in [0.15, 0.2) is 5.82 Å². The van der Waals surface area contributed by atoms with Crippen LogP contribution >= 0.6 is 34.8 Å². The molecule has 0 unspecified atom stereocenters. The first-order valence-electron chi connectivity index (χ1n) is 8.60. The number of nitrogens with zero attached hydrogens (tertiary/aromatic N) is 5. The molecule has 1 amide bonds. The predicted octanol–water partition coefficient (Wildman–Crippen LogP) is 2.55. The van der Waals surface area contributed by atoms with Crippen LogP contribution in [0.5, 0.6) is 0 Å². The molecule has 1 aromatic carbocycles. The number of anilines is 3. The van der Waals surface area contributed by atoms with Crippen LogP contribution in [0.15, 0.2) is 34.1 Å². The van der Waals surface area contributed by atoms with Crippen molar-refractivity contribution < 1.29 is 22.2 Å². The number of rotatable bonds is 7. The number of carbonyl (C=O) groups excluding carboxylic acids is 1. The van der Waals surface area contributed by atoms with E-state index in [0.29, 0.717) is 0 Å². The molecule has 0 aliphatic rings. The monoisotopic (exact) mass is 537 g/mol. The molecule has 33 heavy (non-hydrogen) atoms. The van der Waals surface area contributed by atoms with Crippen LogP contribution < -0.4 is 16.2 Å². The van der Waals surface area contributed by atoms with Gasteiger partial charge in [-0.2, -0.15) is 28.5 Å². The van der Waals surface area contributed by atoms with Crippen molar-refractivity contribution in [3.8, 4) is 0 Å². The molecule has 2 heterocycles. The van der Waals surface area contributed by atoms with E-state index < -0.39 is 37.3 Å². The fraction of sp³-hybridized carbons (Fsp3) is 0.125. The van der Waals surface area contributed by atoms with Crippen LogP contribution in [0.25, 0.3) is 0 Å². The van der Waals surface area contributed by atoms with Gasteiger partial charge in [-0.3, -0.25) is 14.1 Å². The smallest absolute Gasteiger partial charge is 0.296 e. The maximum Gasteiger partial charge on any atom is 0.296 e. The van der Waals surface area contributed by atoms with E-state index in [1.165, 1.54) is 12.1 Å². The van der Waals surface area contributed by atoms with Gasteiger partial charge in [0, 0.05) is 12.1 Å². The normalized spacial score (nSPS) is 11.3. The number of benzene rings is 1. The van der Waals surface area contributed by atoms with Crippen LogP contribution in [0.2, 0.25) is 15.6 Å². The number of aryl methyl sites for hydroxylation is 1. The van der Waals surface area contributed by atoms with Crippen LogP contribution in [0.4, 0.5) is 21.7 Å². The standard InChI is InChI=1S/C16H11Cl3FN7O5S/c17-12-8(20)6-21-27(13(12)29)4-3-11(28)22-7-1-2-10(33(30,31)32)9(5-7)23-16-25-14(18)24-15(19)26-16/h1-2,5-6H,3-4H2,(H,22,28)(H,30,31,32)(H,23,24,25,26). The minimum atomic E-state index is -4.68. The summed E-state index contributed by atoms with van der Waals surface area (Å²) in [5, 5.41) is 7.34. The van der Waals surface area contributed by atoms with Crippen molar-refractivity contribution in [2.45, 2.75) is 17.9 Å². The van der Waals surface area contributed by atoms with Gasteiger partial charge in [0.25, 0.3) is 15.7 Å². The van der Waals surface area contributed by atoms with E-state index in [0.717, 1.165) is 16.9 Å². The Balaban J connectivity index is 1.80. The summed E-state index contributed by atoms with van der Waals surface area (Å²) >= 11 is 16.9. The zero-order valence-corrected chi connectivity index (χ0v) is 19.0. The summed E-state index contributed by atoms with van der Waals surface area (Å²) in [6, 6.07) is 3.40. The average Bonchev–Trinajstić information content (AvgIpc) is 2.70. The zero-order valence-electron chi connectivity index (χ0n) is 16.0. The second kappa shape index (κ2) is 9.93. The molecular formula is C16H11Cl3FN7O5S. The van der Waals surface area contributed by atoms with E-state index in [1.54, 1.807) is 0 Å². The molecule has 17 heteroatoms. The highest BCUT2D eigenvalue weighted by Crippen LogP contribution is 2.28. The van der Waals surface area contributed by atoms with Gasteiger partial charge >= 0.3 is 0 Å². The largest absolute Gasteiger partial charge is 0.326 e. The molecule has 0 radical (unpaired) electrons. The summed E-state index contributed by atoms with van der Waals surface area (Å²) in [7, 11) is -4.68. The van der Waals surface area contributed by atoms with Crippen LogP contribution in [0.1, 0.15) is 6.42 Å². The summed E-state index contributed by atoms with van der Waals surface area (Å²) < 4.78 is 46.9. The number of aromatic nitrogens is 5. The van der Waals surface area contributed by atoms with Crippen molar-refractivity contribution in [3.05, 3.63) is 56.2 Å². The third kappa shape index (κ3) is 6.33. The van der Waals surface area contributed by atoms with Crippen molar-refractivity contribution in [1.29, 1.82) is 0 Å². The van der Waals surface area contributed by atoms with E-state index in [1.807, 2.05) is 0 Å². The fourth-order valence-corrected chi connectivity index (χ4v) is 3.61. The van der Waals surface area contributed by atoms with Crippen molar-refractivity contribution in [1.82, 2.24) is 24.7 Å². The van der Waals surface area contributed by atoms with Gasteiger partial charge in [-0.1, -0.05) is 11.6 Å². The second-order valence-corrected chi connectivity index (χ2v) is 8.59. The summed E-state index contributed by atoms with van der Waals surface area (Å²) in [4.78, 5) is 34.6. The predicted molar refractivity (Wildman–Crippen MR) is 116 cm³/mol. The first-order chi connectivity index (χ1) is 15.4. The maximum atomic E-state index is 13.2. The molecule has 12 nitrogen and oxygen atoms in total. The quantitative estimate of drug-likeness (QED) is 0.380. The lowest BCUT2D eigenvalue weighted by Crippen LogP contribution is -2.26. The second-order valence-electron chi connectivity index (χ2n) is 6.14. The van der Waals surface area contributed by atoms with Gasteiger partial charge in [0.1, 0.15) is 9.92 Å². The number of nitrogens with one attached hydrogen (secondary N) is 2. The lowest BCUT2D eigenvalue weighted by Gasteiger charge is -2.12. The molecule has 0 aliphatic heterocycles. The first kappa shape index (κ1) is 24.7. The van der Waals surface area contributed by atoms with E-state index in [4.69, 9.17) is 34.8 Å². The highest BCUT2D eigenvalue weighted by atomic mass is 35.5. The van der Waals surface area contributed by atoms with Gasteiger partial charge < -0.3 is 10.6 Å². The Morgan fingerprint density at radius 1 is 1.15 bits per heavy atom. The lowest BCUT2D eigenvalue weighted by molar-refractivity contribution is -0.116. The number of amides is 1. The summed E-state index contributed by atoms with van der Waals surface area (Å²) in [6.45, 7) is -0.208. The maximum absolute atomic E-state index is 13.2. The summed E-state index contributed by atoms with van der Waals surface area (Å²) in [6.07, 6.45) is 0.490. The molecule has 0 atom stereocenters. The van der Waals surface area contributed by atoms with E-state index >= 15 is 0 Å². The Labute approximate surface area is 199 Å². The molecule has 3 aromatic rings. The molecule has 0 aliphatic carbocycles.